The Morgan fingerprint density at radius 3 is 0.870 bits per heavy atom. The van der Waals surface area contributed by atoms with Crippen molar-refractivity contribution < 1.29 is 44.8 Å². The third kappa shape index (κ3) is 11.7. The summed E-state index contributed by atoms with van der Waals surface area (Å²) in [6, 6.07) is 131. The van der Waals surface area contributed by atoms with Crippen LogP contribution >= 0.6 is 15.8 Å². The van der Waals surface area contributed by atoms with Crippen LogP contribution in [0.3, 0.4) is 0 Å². The van der Waals surface area contributed by atoms with Gasteiger partial charge in [0.25, 0.3) is 0 Å². The van der Waals surface area contributed by atoms with Gasteiger partial charge in [-0.05, 0) is 138 Å². The summed E-state index contributed by atoms with van der Waals surface area (Å²) in [4.78, 5) is 0. The first-order valence-electron chi connectivity index (χ1n) is 30.6. The van der Waals surface area contributed by atoms with Crippen LogP contribution in [0.2, 0.25) is 0 Å². The average molecular weight is 1580 g/mol. The fraction of sp³-hybridized carbons (Fsp3) is 0.0227. The van der Waals surface area contributed by atoms with Crippen molar-refractivity contribution in [2.75, 3.05) is 0 Å². The minimum atomic E-state index is -1.23. The first kappa shape index (κ1) is 63.0. The first-order chi connectivity index (χ1) is 44.6. The Labute approximate surface area is 575 Å². The summed E-state index contributed by atoms with van der Waals surface area (Å²) >= 11 is 0. The number of fused-ring (bicyclic) bond motifs is 7. The van der Waals surface area contributed by atoms with Crippen LogP contribution in [0, 0.1) is 24.7 Å². The van der Waals surface area contributed by atoms with Crippen LogP contribution in [0.15, 0.2) is 364 Å². The van der Waals surface area contributed by atoms with E-state index >= 15 is 0 Å². The van der Waals surface area contributed by atoms with E-state index in [9.17, 15) is 0 Å². The quantitative estimate of drug-likeness (QED) is 0.0554. The van der Waals surface area contributed by atoms with Crippen LogP contribution in [0.25, 0.3) is 33.0 Å². The zero-order valence-electron chi connectivity index (χ0n) is 50.2. The van der Waals surface area contributed by atoms with Crippen molar-refractivity contribution in [2.24, 2.45) is 0 Å². The molecule has 0 atom stereocenters. The van der Waals surface area contributed by atoms with E-state index < -0.39 is 15.8 Å². The van der Waals surface area contributed by atoms with Crippen molar-refractivity contribution in [3.8, 4) is 34.1 Å². The van der Waals surface area contributed by atoms with Crippen molar-refractivity contribution in [3.05, 3.63) is 432 Å². The number of hydrogen-bond donors (Lipinski definition) is 0. The molecule has 0 unspecified atom stereocenters. The molecule has 16 rings (SSSR count). The van der Waals surface area contributed by atoms with Crippen molar-refractivity contribution in [1.82, 2.24) is 0 Å². The van der Waals surface area contributed by atoms with E-state index in [4.69, 9.17) is 12.8 Å². The predicted octanol–water partition coefficient (Wildman–Crippen LogP) is 17.8. The van der Waals surface area contributed by atoms with E-state index in [-0.39, 0.29) is 55.6 Å². The number of rotatable bonds is 10. The van der Waals surface area contributed by atoms with E-state index in [0.29, 0.717) is 0 Å². The van der Waals surface area contributed by atoms with Gasteiger partial charge in [0.05, 0.1) is 10.8 Å². The third-order valence-corrected chi connectivity index (χ3v) is 23.7. The zero-order valence-corrected chi connectivity index (χ0v) is 56.6. The summed E-state index contributed by atoms with van der Waals surface area (Å²) in [6.45, 7) is 0. The summed E-state index contributed by atoms with van der Waals surface area (Å²) in [5, 5.41) is 11.3. The van der Waals surface area contributed by atoms with E-state index in [1.807, 2.05) is 12.1 Å². The normalized spacial score (nSPS) is 12.3. The van der Waals surface area contributed by atoms with Gasteiger partial charge in [0, 0.05) is 0 Å². The summed E-state index contributed by atoms with van der Waals surface area (Å²) in [5.41, 5.74) is 15.9. The van der Waals surface area contributed by atoms with Crippen LogP contribution in [0.5, 0.6) is 0 Å². The molecule has 0 nitrogen and oxygen atoms in total. The largest absolute Gasteiger partial charge is 1.00 e. The summed E-state index contributed by atoms with van der Waals surface area (Å²) in [6.07, 6.45) is 15.2. The second kappa shape index (κ2) is 28.5. The molecule has 0 aromatic heterocycles. The van der Waals surface area contributed by atoms with Gasteiger partial charge in [-0.3, -0.25) is 11.8 Å². The third-order valence-electron chi connectivity index (χ3n) is 17.9. The standard InChI is InChI=1S/C34H26P2.2C27H17.2Au/c1-5-17-29(18-6-1)35(30-19-7-2-8-20-30)33-25-27-15-13-14-16-28(27)26-34(33)36(31-21-9-3-10-22-31)32-23-11-4-12-24-32;1-2-20-17-18-26-24(19-20)23-15-9-10-16-25(23)27(26,21-11-5-3-6-12-21)22-13-7-4-8-14-22;1-2-20-17-18-24-23-15-9-10-16-25(23)27(26(24)19-20,21-11-5-3-6-12-21)22-13-7-4-8-14-22;;/h1-26H;2*3-19H;;/q;2*-1;2*+1/p+2. The molecule has 2 aliphatic carbocycles. The van der Waals surface area contributed by atoms with Gasteiger partial charge >= 0.3 is 44.8 Å². The number of benzene rings is 14. The molecule has 0 aliphatic heterocycles. The second-order valence-electron chi connectivity index (χ2n) is 22.8. The summed E-state index contributed by atoms with van der Waals surface area (Å²) in [7, 11) is -2.46. The van der Waals surface area contributed by atoms with Gasteiger partial charge in [-0.15, -0.1) is 35.4 Å². The van der Waals surface area contributed by atoms with Crippen LogP contribution < -0.4 is 31.8 Å². The maximum atomic E-state index is 7.66. The van der Waals surface area contributed by atoms with Gasteiger partial charge in [0.2, 0.25) is 0 Å². The fourth-order valence-corrected chi connectivity index (χ4v) is 20.1. The average Bonchev–Trinajstić information content (AvgIpc) is 1.54. The van der Waals surface area contributed by atoms with Crippen LogP contribution in [-0.2, 0) is 55.6 Å². The molecule has 14 aromatic rings. The van der Waals surface area contributed by atoms with Crippen LogP contribution in [-0.4, -0.2) is 0 Å². The summed E-state index contributed by atoms with van der Waals surface area (Å²) < 4.78 is 0. The molecule has 0 saturated heterocycles. The smallest absolute Gasteiger partial charge is 0.366 e. The Balaban J connectivity index is 0.000000134. The monoisotopic (exact) mass is 1570 g/mol. The fourth-order valence-electron chi connectivity index (χ4n) is 14.1. The zero-order chi connectivity index (χ0) is 60.7. The Bertz CT molecular complexity index is 4610. The van der Waals surface area contributed by atoms with Crippen LogP contribution in [0.1, 0.15) is 55.6 Å². The number of hydrogen-bond acceptors (Lipinski definition) is 0. The topological polar surface area (TPSA) is 0 Å². The predicted molar refractivity (Wildman–Crippen MR) is 384 cm³/mol. The Morgan fingerprint density at radius 1 is 0.228 bits per heavy atom. The van der Waals surface area contributed by atoms with Crippen molar-refractivity contribution in [2.45, 2.75) is 10.8 Å². The van der Waals surface area contributed by atoms with E-state index in [1.54, 1.807) is 0 Å². The minimum Gasteiger partial charge on any atom is -0.366 e. The Hall–Kier alpha value is -9.20. The summed E-state index contributed by atoms with van der Waals surface area (Å²) in [5.74, 6) is 5.12. The molecular weight excluding hydrogens is 1510 g/mol. The van der Waals surface area contributed by atoms with Crippen molar-refractivity contribution in [3.63, 3.8) is 0 Å². The van der Waals surface area contributed by atoms with Crippen LogP contribution in [0.4, 0.5) is 0 Å². The molecule has 0 spiro atoms. The molecule has 0 saturated carbocycles. The second-order valence-corrected chi connectivity index (χ2v) is 27.7. The molecule has 0 N–H and O–H groups in total. The van der Waals surface area contributed by atoms with Crippen molar-refractivity contribution >= 4 is 58.4 Å². The minimum absolute atomic E-state index is 0. The van der Waals surface area contributed by atoms with Gasteiger partial charge in [0.1, 0.15) is 47.7 Å². The Morgan fingerprint density at radius 2 is 0.500 bits per heavy atom. The molecular formula is C88H62Au2P2+2. The van der Waals surface area contributed by atoms with E-state index in [0.717, 1.165) is 11.1 Å². The molecule has 0 amide bonds. The molecule has 444 valence electrons. The molecule has 14 aromatic carbocycles. The van der Waals surface area contributed by atoms with Gasteiger partial charge in [0.15, 0.2) is 0 Å². The van der Waals surface area contributed by atoms with E-state index in [2.05, 4.69) is 364 Å². The van der Waals surface area contributed by atoms with Gasteiger partial charge in [-0.1, -0.05) is 279 Å². The maximum Gasteiger partial charge on any atom is 1.00 e. The molecule has 92 heavy (non-hydrogen) atoms. The van der Waals surface area contributed by atoms with Gasteiger partial charge < -0.3 is 12.8 Å². The SMILES string of the molecule is [Au+].[Au+].[C-]#Cc1ccc2c(c1)-c1ccccc1C2(c1ccccc1)c1ccccc1.[C-]#Cc1ccc2c(c1)C(c1ccccc1)(c1ccccc1)c1ccccc1-2.c1ccc([PH+](c2ccccc2)c2cc3ccccc3cc2[PH+](c2ccccc2)c2ccccc2)cc1. The van der Waals surface area contributed by atoms with Crippen molar-refractivity contribution in [1.29, 1.82) is 0 Å². The van der Waals surface area contributed by atoms with E-state index in [1.165, 1.54) is 109 Å². The molecule has 4 heteroatoms. The first-order valence-corrected chi connectivity index (χ1v) is 33.6. The van der Waals surface area contributed by atoms with Gasteiger partial charge in [-0.2, -0.15) is 0 Å². The van der Waals surface area contributed by atoms with Gasteiger partial charge in [-0.25, -0.2) is 0 Å². The maximum absolute atomic E-state index is 7.66. The molecule has 0 bridgehead atoms. The Kier molecular flexibility index (Phi) is 19.5. The molecule has 0 radical (unpaired) electrons. The molecule has 0 fully saturated rings. The molecule has 0 heterocycles. The molecule has 2 aliphatic rings.